The van der Waals surface area contributed by atoms with Crippen LogP contribution in [-0.2, 0) is 10.0 Å². The number of aryl methyl sites for hydroxylation is 1. The number of anilines is 1. The predicted octanol–water partition coefficient (Wildman–Crippen LogP) is 3.06. The predicted molar refractivity (Wildman–Crippen MR) is 81.8 cm³/mol. The fourth-order valence-corrected chi connectivity index (χ4v) is 3.01. The van der Waals surface area contributed by atoms with Gasteiger partial charge in [0.15, 0.2) is 0 Å². The van der Waals surface area contributed by atoms with Crippen LogP contribution >= 0.6 is 11.6 Å². The lowest BCUT2D eigenvalue weighted by Crippen LogP contribution is -2.13. The minimum atomic E-state index is -4.09. The second-order valence-electron chi connectivity index (χ2n) is 4.50. The van der Waals surface area contributed by atoms with Gasteiger partial charge in [0.05, 0.1) is 15.5 Å². The zero-order chi connectivity index (χ0) is 16.5. The van der Waals surface area contributed by atoms with Crippen molar-refractivity contribution in [2.45, 2.75) is 11.8 Å². The average molecular weight is 343 g/mol. The fourth-order valence-electron chi connectivity index (χ4n) is 1.73. The molecule has 0 spiro atoms. The van der Waals surface area contributed by atoms with E-state index >= 15 is 0 Å². The molecule has 0 aliphatic rings. The Morgan fingerprint density at radius 2 is 1.91 bits per heavy atom. The number of phenolic OH excluding ortho intramolecular Hbond substituents is 1. The second-order valence-corrected chi connectivity index (χ2v) is 6.59. The van der Waals surface area contributed by atoms with Gasteiger partial charge in [0.25, 0.3) is 15.7 Å². The highest BCUT2D eigenvalue weighted by Crippen LogP contribution is 2.30. The van der Waals surface area contributed by atoms with Crippen LogP contribution in [0.4, 0.5) is 11.4 Å². The number of aromatic hydroxyl groups is 1. The van der Waals surface area contributed by atoms with E-state index in [-0.39, 0.29) is 21.4 Å². The molecule has 0 aliphatic heterocycles. The van der Waals surface area contributed by atoms with Gasteiger partial charge in [-0.2, -0.15) is 0 Å². The molecule has 2 rings (SSSR count). The average Bonchev–Trinajstić information content (AvgIpc) is 2.42. The van der Waals surface area contributed by atoms with E-state index in [1.807, 2.05) is 0 Å². The van der Waals surface area contributed by atoms with Crippen molar-refractivity contribution in [2.75, 3.05) is 4.72 Å². The van der Waals surface area contributed by atoms with Gasteiger partial charge in [-0.05, 0) is 36.8 Å². The number of nitrogens with one attached hydrogen (secondary N) is 1. The Balaban J connectivity index is 2.42. The van der Waals surface area contributed by atoms with Gasteiger partial charge in [-0.1, -0.05) is 17.7 Å². The van der Waals surface area contributed by atoms with Crippen molar-refractivity contribution < 1.29 is 18.4 Å². The number of sulfonamides is 1. The van der Waals surface area contributed by atoms with E-state index in [1.165, 1.54) is 12.1 Å². The van der Waals surface area contributed by atoms with E-state index in [1.54, 1.807) is 13.0 Å². The number of phenols is 1. The number of nitrogens with zero attached hydrogens (tertiary/aromatic N) is 1. The lowest BCUT2D eigenvalue weighted by molar-refractivity contribution is -0.384. The van der Waals surface area contributed by atoms with Crippen molar-refractivity contribution in [3.63, 3.8) is 0 Å². The molecule has 0 bridgehead atoms. The standard InChI is InChI=1S/C13H11ClN2O5S/c1-8-2-5-11(13(17)6-8)15-22(20,21)9-3-4-10(14)12(7-9)16(18)19/h2-7,15,17H,1H3. The van der Waals surface area contributed by atoms with Crippen LogP contribution in [0.1, 0.15) is 5.56 Å². The van der Waals surface area contributed by atoms with Crippen LogP contribution in [-0.4, -0.2) is 18.4 Å². The molecule has 0 aliphatic carbocycles. The highest BCUT2D eigenvalue weighted by atomic mass is 35.5. The Morgan fingerprint density at radius 3 is 2.50 bits per heavy atom. The molecule has 7 nitrogen and oxygen atoms in total. The number of rotatable bonds is 4. The molecule has 22 heavy (non-hydrogen) atoms. The van der Waals surface area contributed by atoms with E-state index in [0.29, 0.717) is 0 Å². The Kier molecular flexibility index (Phi) is 4.25. The Morgan fingerprint density at radius 1 is 1.23 bits per heavy atom. The summed E-state index contributed by atoms with van der Waals surface area (Å²) < 4.78 is 26.6. The molecule has 2 aromatic carbocycles. The second kappa shape index (κ2) is 5.82. The number of nitro benzene ring substituents is 1. The molecule has 2 N–H and O–H groups in total. The van der Waals surface area contributed by atoms with E-state index < -0.39 is 20.6 Å². The van der Waals surface area contributed by atoms with Crippen molar-refractivity contribution >= 4 is 33.0 Å². The van der Waals surface area contributed by atoms with Crippen LogP contribution in [0.3, 0.4) is 0 Å². The maximum Gasteiger partial charge on any atom is 0.289 e. The van der Waals surface area contributed by atoms with Gasteiger partial charge in [-0.25, -0.2) is 8.42 Å². The summed E-state index contributed by atoms with van der Waals surface area (Å²) in [4.78, 5) is 9.71. The Bertz CT molecular complexity index is 852. The van der Waals surface area contributed by atoms with Gasteiger partial charge in [0.1, 0.15) is 10.8 Å². The van der Waals surface area contributed by atoms with Crippen LogP contribution in [0.25, 0.3) is 0 Å². The van der Waals surface area contributed by atoms with Gasteiger partial charge in [0.2, 0.25) is 0 Å². The molecule has 0 amide bonds. The summed E-state index contributed by atoms with van der Waals surface area (Å²) in [5.41, 5.74) is 0.212. The lowest BCUT2D eigenvalue weighted by atomic mass is 10.2. The molecule has 2 aromatic rings. The van der Waals surface area contributed by atoms with E-state index in [4.69, 9.17) is 11.6 Å². The van der Waals surface area contributed by atoms with Crippen molar-refractivity contribution in [3.8, 4) is 5.75 Å². The highest BCUT2D eigenvalue weighted by molar-refractivity contribution is 7.92. The van der Waals surface area contributed by atoms with Gasteiger partial charge in [-0.15, -0.1) is 0 Å². The quantitative estimate of drug-likeness (QED) is 0.504. The summed E-state index contributed by atoms with van der Waals surface area (Å²) in [7, 11) is -4.09. The zero-order valence-corrected chi connectivity index (χ0v) is 12.9. The number of nitro groups is 1. The number of hydrogen-bond donors (Lipinski definition) is 2. The largest absolute Gasteiger partial charge is 0.506 e. The Labute approximate surface area is 131 Å². The molecule has 0 aromatic heterocycles. The molecular formula is C13H11ClN2O5S. The van der Waals surface area contributed by atoms with Crippen LogP contribution in [0.2, 0.25) is 5.02 Å². The monoisotopic (exact) mass is 342 g/mol. The maximum atomic E-state index is 12.2. The minimum Gasteiger partial charge on any atom is -0.506 e. The molecule has 9 heteroatoms. The molecule has 0 fully saturated rings. The maximum absolute atomic E-state index is 12.2. The first-order chi connectivity index (χ1) is 10.2. The highest BCUT2D eigenvalue weighted by Gasteiger charge is 2.21. The summed E-state index contributed by atoms with van der Waals surface area (Å²) in [5, 5.41) is 20.4. The van der Waals surface area contributed by atoms with Crippen molar-refractivity contribution in [3.05, 3.63) is 57.1 Å². The molecule has 0 unspecified atom stereocenters. The first-order valence-electron chi connectivity index (χ1n) is 5.97. The van der Waals surface area contributed by atoms with Gasteiger partial charge >= 0.3 is 0 Å². The molecule has 0 saturated heterocycles. The van der Waals surface area contributed by atoms with Crippen molar-refractivity contribution in [2.24, 2.45) is 0 Å². The SMILES string of the molecule is Cc1ccc(NS(=O)(=O)c2ccc(Cl)c([N+](=O)[O-])c2)c(O)c1. The lowest BCUT2D eigenvalue weighted by Gasteiger charge is -2.10. The third-order valence-corrected chi connectivity index (χ3v) is 4.50. The number of hydrogen-bond acceptors (Lipinski definition) is 5. The fraction of sp³-hybridized carbons (Fsp3) is 0.0769. The van der Waals surface area contributed by atoms with Gasteiger partial charge in [-0.3, -0.25) is 14.8 Å². The van der Waals surface area contributed by atoms with E-state index in [2.05, 4.69) is 4.72 Å². The van der Waals surface area contributed by atoms with Crippen LogP contribution in [0.5, 0.6) is 5.75 Å². The van der Waals surface area contributed by atoms with Crippen molar-refractivity contribution in [1.82, 2.24) is 0 Å². The minimum absolute atomic E-state index is 0.0248. The molecular weight excluding hydrogens is 332 g/mol. The van der Waals surface area contributed by atoms with Crippen LogP contribution in [0.15, 0.2) is 41.3 Å². The summed E-state index contributed by atoms with van der Waals surface area (Å²) >= 11 is 5.65. The van der Waals surface area contributed by atoms with Gasteiger partial charge in [0, 0.05) is 6.07 Å². The van der Waals surface area contributed by atoms with Crippen LogP contribution < -0.4 is 4.72 Å². The molecule has 116 valence electrons. The summed E-state index contributed by atoms with van der Waals surface area (Å²) in [6.07, 6.45) is 0. The summed E-state index contributed by atoms with van der Waals surface area (Å²) in [6, 6.07) is 7.53. The van der Waals surface area contributed by atoms with Crippen LogP contribution in [0, 0.1) is 17.0 Å². The summed E-state index contributed by atoms with van der Waals surface area (Å²) in [5.74, 6) is -0.243. The van der Waals surface area contributed by atoms with E-state index in [0.717, 1.165) is 23.8 Å². The molecule has 0 heterocycles. The number of halogens is 1. The van der Waals surface area contributed by atoms with Crippen molar-refractivity contribution in [1.29, 1.82) is 0 Å². The smallest absolute Gasteiger partial charge is 0.289 e. The van der Waals surface area contributed by atoms with Gasteiger partial charge < -0.3 is 5.11 Å². The topological polar surface area (TPSA) is 110 Å². The third-order valence-electron chi connectivity index (χ3n) is 2.82. The first-order valence-corrected chi connectivity index (χ1v) is 7.83. The normalized spacial score (nSPS) is 11.2. The summed E-state index contributed by atoms with van der Waals surface area (Å²) in [6.45, 7) is 1.74. The zero-order valence-electron chi connectivity index (χ0n) is 11.3. The first kappa shape index (κ1) is 16.1. The third kappa shape index (κ3) is 3.29. The van der Waals surface area contributed by atoms with E-state index in [9.17, 15) is 23.6 Å². The molecule has 0 atom stereocenters. The molecule has 0 radical (unpaired) electrons. The number of benzene rings is 2. The Hall–Kier alpha value is -2.32. The molecule has 0 saturated carbocycles.